The Morgan fingerprint density at radius 1 is 1.16 bits per heavy atom. The van der Waals surface area contributed by atoms with Gasteiger partial charge in [-0.3, -0.25) is 0 Å². The minimum absolute atomic E-state index is 0.196. The van der Waals surface area contributed by atoms with Gasteiger partial charge in [0.1, 0.15) is 11.6 Å². The number of ether oxygens (including phenoxy) is 1. The van der Waals surface area contributed by atoms with Crippen molar-refractivity contribution in [3.05, 3.63) is 53.8 Å². The number of hydrogen-bond donors (Lipinski definition) is 1. The summed E-state index contributed by atoms with van der Waals surface area (Å²) in [6.45, 7) is 3.06. The third kappa shape index (κ3) is 3.12. The normalized spacial score (nSPS) is 10.5. The second-order valence-electron chi connectivity index (χ2n) is 4.27. The molecule has 0 saturated heterocycles. The molecule has 19 heavy (non-hydrogen) atoms. The standard InChI is InChI=1S/C16H18FNO/c1-3-19-16-7-5-4-6-14(16)12-8-9-13(11-18-2)15(17)10-12/h4-10,18H,3,11H2,1-2H3. The Morgan fingerprint density at radius 2 is 1.95 bits per heavy atom. The maximum Gasteiger partial charge on any atom is 0.128 e. The molecule has 0 radical (unpaired) electrons. The van der Waals surface area contributed by atoms with Crippen LogP contribution in [-0.2, 0) is 6.54 Å². The zero-order valence-corrected chi connectivity index (χ0v) is 11.2. The average Bonchev–Trinajstić information content (AvgIpc) is 2.42. The molecule has 2 aromatic carbocycles. The quantitative estimate of drug-likeness (QED) is 0.885. The molecule has 1 N–H and O–H groups in total. The van der Waals surface area contributed by atoms with Gasteiger partial charge in [-0.1, -0.05) is 30.3 Å². The molecular formula is C16H18FNO. The molecule has 0 atom stereocenters. The molecule has 0 fully saturated rings. The third-order valence-corrected chi connectivity index (χ3v) is 2.92. The van der Waals surface area contributed by atoms with Crippen molar-refractivity contribution in [2.75, 3.05) is 13.7 Å². The van der Waals surface area contributed by atoms with Gasteiger partial charge >= 0.3 is 0 Å². The van der Waals surface area contributed by atoms with Gasteiger partial charge in [0, 0.05) is 17.7 Å². The van der Waals surface area contributed by atoms with E-state index in [1.165, 1.54) is 0 Å². The third-order valence-electron chi connectivity index (χ3n) is 2.92. The van der Waals surface area contributed by atoms with Crippen LogP contribution in [0.2, 0.25) is 0 Å². The molecule has 2 nitrogen and oxygen atoms in total. The van der Waals surface area contributed by atoms with Crippen LogP contribution in [0.1, 0.15) is 12.5 Å². The molecule has 2 rings (SSSR count). The molecule has 0 aliphatic carbocycles. The smallest absolute Gasteiger partial charge is 0.128 e. The van der Waals surface area contributed by atoms with Crippen molar-refractivity contribution in [3.8, 4) is 16.9 Å². The van der Waals surface area contributed by atoms with Gasteiger partial charge in [0.05, 0.1) is 6.61 Å². The SMILES string of the molecule is CCOc1ccccc1-c1ccc(CNC)c(F)c1. The molecule has 3 heteroatoms. The van der Waals surface area contributed by atoms with Gasteiger partial charge < -0.3 is 10.1 Å². The second-order valence-corrected chi connectivity index (χ2v) is 4.27. The first-order valence-corrected chi connectivity index (χ1v) is 6.41. The van der Waals surface area contributed by atoms with E-state index in [4.69, 9.17) is 4.74 Å². The van der Waals surface area contributed by atoms with Crippen molar-refractivity contribution in [2.45, 2.75) is 13.5 Å². The maximum absolute atomic E-state index is 14.0. The monoisotopic (exact) mass is 259 g/mol. The van der Waals surface area contributed by atoms with Crippen LogP contribution in [0.5, 0.6) is 5.75 Å². The topological polar surface area (TPSA) is 21.3 Å². The minimum atomic E-state index is -0.196. The Hall–Kier alpha value is -1.87. The molecule has 0 spiro atoms. The van der Waals surface area contributed by atoms with Crippen molar-refractivity contribution in [2.24, 2.45) is 0 Å². The van der Waals surface area contributed by atoms with Crippen LogP contribution in [0.25, 0.3) is 11.1 Å². The Kier molecular flexibility index (Phi) is 4.53. The summed E-state index contributed by atoms with van der Waals surface area (Å²) in [4.78, 5) is 0. The van der Waals surface area contributed by atoms with Gasteiger partial charge in [0.15, 0.2) is 0 Å². The van der Waals surface area contributed by atoms with E-state index in [9.17, 15) is 4.39 Å². The predicted octanol–water partition coefficient (Wildman–Crippen LogP) is 3.61. The van der Waals surface area contributed by atoms with Crippen LogP contribution in [0.15, 0.2) is 42.5 Å². The fraction of sp³-hybridized carbons (Fsp3) is 0.250. The fourth-order valence-corrected chi connectivity index (χ4v) is 2.04. The van der Waals surface area contributed by atoms with E-state index in [1.54, 1.807) is 13.1 Å². The van der Waals surface area contributed by atoms with E-state index < -0.39 is 0 Å². The van der Waals surface area contributed by atoms with E-state index in [1.807, 2.05) is 43.3 Å². The molecule has 100 valence electrons. The van der Waals surface area contributed by atoms with Gasteiger partial charge in [-0.25, -0.2) is 4.39 Å². The lowest BCUT2D eigenvalue weighted by atomic mass is 10.0. The number of benzene rings is 2. The highest BCUT2D eigenvalue weighted by molar-refractivity contribution is 5.70. The van der Waals surface area contributed by atoms with Crippen molar-refractivity contribution in [1.29, 1.82) is 0 Å². The average molecular weight is 259 g/mol. The summed E-state index contributed by atoms with van der Waals surface area (Å²) >= 11 is 0. The molecule has 0 aromatic heterocycles. The summed E-state index contributed by atoms with van der Waals surface area (Å²) in [5, 5.41) is 2.95. The number of para-hydroxylation sites is 1. The van der Waals surface area contributed by atoms with Gasteiger partial charge in [0.2, 0.25) is 0 Å². The molecule has 0 heterocycles. The first kappa shape index (κ1) is 13.6. The maximum atomic E-state index is 14.0. The highest BCUT2D eigenvalue weighted by atomic mass is 19.1. The van der Waals surface area contributed by atoms with Crippen molar-refractivity contribution >= 4 is 0 Å². The molecule has 0 amide bonds. The lowest BCUT2D eigenvalue weighted by molar-refractivity contribution is 0.341. The van der Waals surface area contributed by atoms with Crippen molar-refractivity contribution < 1.29 is 9.13 Å². The summed E-state index contributed by atoms with van der Waals surface area (Å²) in [5.41, 5.74) is 2.42. The van der Waals surface area contributed by atoms with E-state index in [2.05, 4.69) is 5.32 Å². The molecule has 0 aliphatic rings. The van der Waals surface area contributed by atoms with E-state index in [-0.39, 0.29) is 5.82 Å². The highest BCUT2D eigenvalue weighted by Gasteiger charge is 2.08. The van der Waals surface area contributed by atoms with Crippen molar-refractivity contribution in [3.63, 3.8) is 0 Å². The molecule has 0 saturated carbocycles. The molecule has 2 aromatic rings. The summed E-state index contributed by atoms with van der Waals surface area (Å²) in [6.07, 6.45) is 0. The lowest BCUT2D eigenvalue weighted by Gasteiger charge is -2.11. The molecule has 0 unspecified atom stereocenters. The van der Waals surface area contributed by atoms with Gasteiger partial charge in [-0.15, -0.1) is 0 Å². The number of rotatable bonds is 5. The van der Waals surface area contributed by atoms with E-state index in [0.29, 0.717) is 18.7 Å². The summed E-state index contributed by atoms with van der Waals surface area (Å²) in [7, 11) is 1.80. The first-order chi connectivity index (χ1) is 9.26. The molecule has 0 bridgehead atoms. The van der Waals surface area contributed by atoms with Gasteiger partial charge in [0.25, 0.3) is 0 Å². The number of nitrogens with one attached hydrogen (secondary N) is 1. The first-order valence-electron chi connectivity index (χ1n) is 6.41. The summed E-state index contributed by atoms with van der Waals surface area (Å²) in [5.74, 6) is 0.587. The minimum Gasteiger partial charge on any atom is -0.493 e. The Labute approximate surface area is 113 Å². The van der Waals surface area contributed by atoms with Crippen LogP contribution >= 0.6 is 0 Å². The van der Waals surface area contributed by atoms with Crippen molar-refractivity contribution in [1.82, 2.24) is 5.32 Å². The van der Waals surface area contributed by atoms with Crippen LogP contribution in [-0.4, -0.2) is 13.7 Å². The largest absolute Gasteiger partial charge is 0.493 e. The number of hydrogen-bond acceptors (Lipinski definition) is 2. The Bertz CT molecular complexity index is 554. The van der Waals surface area contributed by atoms with Crippen LogP contribution in [0, 0.1) is 5.82 Å². The van der Waals surface area contributed by atoms with E-state index in [0.717, 1.165) is 16.9 Å². The predicted molar refractivity (Wildman–Crippen MR) is 75.8 cm³/mol. The Morgan fingerprint density at radius 3 is 2.63 bits per heavy atom. The highest BCUT2D eigenvalue weighted by Crippen LogP contribution is 2.30. The molecular weight excluding hydrogens is 241 g/mol. The van der Waals surface area contributed by atoms with Gasteiger partial charge in [-0.05, 0) is 31.7 Å². The summed E-state index contributed by atoms with van der Waals surface area (Å²) < 4.78 is 19.5. The van der Waals surface area contributed by atoms with Crippen LogP contribution in [0.4, 0.5) is 4.39 Å². The summed E-state index contributed by atoms with van der Waals surface area (Å²) in [6, 6.07) is 13.0. The lowest BCUT2D eigenvalue weighted by Crippen LogP contribution is -2.06. The fourth-order valence-electron chi connectivity index (χ4n) is 2.04. The van der Waals surface area contributed by atoms with Crippen LogP contribution < -0.4 is 10.1 Å². The van der Waals surface area contributed by atoms with Gasteiger partial charge in [-0.2, -0.15) is 0 Å². The second kappa shape index (κ2) is 6.34. The Balaban J connectivity index is 2.39. The van der Waals surface area contributed by atoms with E-state index >= 15 is 0 Å². The van der Waals surface area contributed by atoms with Crippen LogP contribution in [0.3, 0.4) is 0 Å². The zero-order valence-electron chi connectivity index (χ0n) is 11.2. The molecule has 0 aliphatic heterocycles. The zero-order chi connectivity index (χ0) is 13.7. The number of halogens is 1.